The first-order valence-electron chi connectivity index (χ1n) is 5.67. The maximum Gasteiger partial charge on any atom is 0.260 e. The molecule has 2 aromatic heterocycles. The monoisotopic (exact) mass is 262 g/mol. The van der Waals surface area contributed by atoms with Crippen LogP contribution in [-0.4, -0.2) is 15.9 Å². The van der Waals surface area contributed by atoms with E-state index in [9.17, 15) is 4.79 Å². The van der Waals surface area contributed by atoms with Gasteiger partial charge in [0.2, 0.25) is 0 Å². The lowest BCUT2D eigenvalue weighted by molar-refractivity contribution is 0.100. The van der Waals surface area contributed by atoms with Crippen LogP contribution in [-0.2, 0) is 6.42 Å². The normalized spacial score (nSPS) is 10.3. The molecule has 0 bridgehead atoms. The van der Waals surface area contributed by atoms with E-state index in [0.29, 0.717) is 10.0 Å². The van der Waals surface area contributed by atoms with Crippen LogP contribution in [0.2, 0.25) is 0 Å². The summed E-state index contributed by atoms with van der Waals surface area (Å²) in [6.45, 7) is 2.11. The average Bonchev–Trinajstić information content (AvgIpc) is 2.78. The number of nitrogens with one attached hydrogen (secondary N) is 1. The molecule has 94 valence electrons. The Hall–Kier alpha value is -1.95. The summed E-state index contributed by atoms with van der Waals surface area (Å²) in [4.78, 5) is 19.9. The van der Waals surface area contributed by atoms with E-state index in [2.05, 4.69) is 22.2 Å². The van der Waals surface area contributed by atoms with E-state index in [1.807, 2.05) is 18.2 Å². The zero-order valence-corrected chi connectivity index (χ0v) is 10.8. The van der Waals surface area contributed by atoms with Gasteiger partial charge in [0.15, 0.2) is 5.13 Å². The smallest absolute Gasteiger partial charge is 0.260 e. The standard InChI is InChI=1S/C12H14N4OS/c1-2-4-8-5-3-6-10(15-8)16-12-14-7-9(18-12)11(13)17/h3,5-7H,2,4H2,1H3,(H2,13,17)(H,14,15,16). The Morgan fingerprint density at radius 2 is 2.33 bits per heavy atom. The van der Waals surface area contributed by atoms with Gasteiger partial charge in [-0.15, -0.1) is 0 Å². The van der Waals surface area contributed by atoms with Gasteiger partial charge in [-0.3, -0.25) is 4.79 Å². The Kier molecular flexibility index (Phi) is 3.88. The van der Waals surface area contributed by atoms with Gasteiger partial charge in [-0.05, 0) is 18.6 Å². The molecule has 0 saturated heterocycles. The van der Waals surface area contributed by atoms with Gasteiger partial charge in [-0.1, -0.05) is 30.7 Å². The molecule has 5 nitrogen and oxygen atoms in total. The summed E-state index contributed by atoms with van der Waals surface area (Å²) in [5, 5.41) is 3.68. The Bertz CT molecular complexity index is 553. The van der Waals surface area contributed by atoms with Crippen molar-refractivity contribution < 1.29 is 4.79 Å². The molecule has 18 heavy (non-hydrogen) atoms. The predicted octanol–water partition coefficient (Wildman–Crippen LogP) is 2.33. The lowest BCUT2D eigenvalue weighted by atomic mass is 10.2. The summed E-state index contributed by atoms with van der Waals surface area (Å²) in [6.07, 6.45) is 3.46. The average molecular weight is 262 g/mol. The minimum atomic E-state index is -0.465. The van der Waals surface area contributed by atoms with E-state index >= 15 is 0 Å². The van der Waals surface area contributed by atoms with Crippen LogP contribution in [0, 0.1) is 0 Å². The highest BCUT2D eigenvalue weighted by Gasteiger charge is 2.07. The van der Waals surface area contributed by atoms with Gasteiger partial charge in [-0.2, -0.15) is 0 Å². The SMILES string of the molecule is CCCc1cccc(Nc2ncc(C(N)=O)s2)n1. The highest BCUT2D eigenvalue weighted by molar-refractivity contribution is 7.17. The summed E-state index contributed by atoms with van der Waals surface area (Å²) < 4.78 is 0. The zero-order chi connectivity index (χ0) is 13.0. The van der Waals surface area contributed by atoms with E-state index in [4.69, 9.17) is 5.73 Å². The van der Waals surface area contributed by atoms with Crippen molar-refractivity contribution >= 4 is 28.2 Å². The summed E-state index contributed by atoms with van der Waals surface area (Å²) >= 11 is 1.22. The lowest BCUT2D eigenvalue weighted by Crippen LogP contribution is -2.08. The number of aryl methyl sites for hydroxylation is 1. The van der Waals surface area contributed by atoms with Crippen molar-refractivity contribution in [1.29, 1.82) is 0 Å². The molecular formula is C12H14N4OS. The number of primary amides is 1. The number of anilines is 2. The van der Waals surface area contributed by atoms with E-state index in [1.165, 1.54) is 17.5 Å². The predicted molar refractivity (Wildman–Crippen MR) is 72.1 cm³/mol. The molecule has 0 aliphatic rings. The van der Waals surface area contributed by atoms with Crippen LogP contribution in [0.3, 0.4) is 0 Å². The van der Waals surface area contributed by atoms with Crippen molar-refractivity contribution in [2.45, 2.75) is 19.8 Å². The number of nitrogens with two attached hydrogens (primary N) is 1. The first kappa shape index (κ1) is 12.5. The molecule has 3 N–H and O–H groups in total. The molecule has 0 spiro atoms. The fourth-order valence-corrected chi connectivity index (χ4v) is 2.18. The van der Waals surface area contributed by atoms with Crippen molar-refractivity contribution in [2.24, 2.45) is 5.73 Å². The molecule has 2 aromatic rings. The van der Waals surface area contributed by atoms with E-state index in [-0.39, 0.29) is 0 Å². The molecule has 0 atom stereocenters. The van der Waals surface area contributed by atoms with Gasteiger partial charge in [0.05, 0.1) is 6.20 Å². The summed E-state index contributed by atoms with van der Waals surface area (Å²) in [5.41, 5.74) is 6.21. The number of thiazole rings is 1. The Morgan fingerprint density at radius 3 is 3.00 bits per heavy atom. The Morgan fingerprint density at radius 1 is 1.50 bits per heavy atom. The first-order valence-corrected chi connectivity index (χ1v) is 6.49. The van der Waals surface area contributed by atoms with Gasteiger partial charge in [0, 0.05) is 5.69 Å². The number of carbonyl (C=O) groups excluding carboxylic acids is 1. The second-order valence-corrected chi connectivity index (χ2v) is 4.81. The third kappa shape index (κ3) is 3.04. The number of amides is 1. The minimum Gasteiger partial charge on any atom is -0.365 e. The van der Waals surface area contributed by atoms with E-state index < -0.39 is 5.91 Å². The van der Waals surface area contributed by atoms with Crippen LogP contribution in [0.1, 0.15) is 28.7 Å². The van der Waals surface area contributed by atoms with Crippen LogP contribution in [0.25, 0.3) is 0 Å². The number of aromatic nitrogens is 2. The highest BCUT2D eigenvalue weighted by atomic mass is 32.1. The minimum absolute atomic E-state index is 0.433. The molecule has 0 radical (unpaired) electrons. The number of carbonyl (C=O) groups is 1. The Balaban J connectivity index is 2.12. The first-order chi connectivity index (χ1) is 8.69. The molecule has 2 heterocycles. The quantitative estimate of drug-likeness (QED) is 0.866. The van der Waals surface area contributed by atoms with Crippen LogP contribution in [0.15, 0.2) is 24.4 Å². The van der Waals surface area contributed by atoms with Crippen LogP contribution >= 0.6 is 11.3 Å². The molecule has 0 saturated carbocycles. The van der Waals surface area contributed by atoms with Crippen LogP contribution in [0.4, 0.5) is 10.9 Å². The molecule has 0 aliphatic heterocycles. The lowest BCUT2D eigenvalue weighted by Gasteiger charge is -2.03. The Labute approximate surface area is 109 Å². The summed E-state index contributed by atoms with van der Waals surface area (Å²) in [7, 11) is 0. The molecule has 1 amide bonds. The number of hydrogen-bond acceptors (Lipinski definition) is 5. The van der Waals surface area contributed by atoms with E-state index in [1.54, 1.807) is 0 Å². The van der Waals surface area contributed by atoms with Gasteiger partial charge >= 0.3 is 0 Å². The van der Waals surface area contributed by atoms with Crippen molar-refractivity contribution in [2.75, 3.05) is 5.32 Å². The number of rotatable bonds is 5. The van der Waals surface area contributed by atoms with Crippen molar-refractivity contribution in [3.05, 3.63) is 35.0 Å². The number of pyridine rings is 1. The second kappa shape index (κ2) is 5.59. The van der Waals surface area contributed by atoms with Gasteiger partial charge in [-0.25, -0.2) is 9.97 Å². The van der Waals surface area contributed by atoms with Crippen molar-refractivity contribution in [1.82, 2.24) is 9.97 Å². The molecule has 0 unspecified atom stereocenters. The fourth-order valence-electron chi connectivity index (χ4n) is 1.50. The molecule has 2 rings (SSSR count). The van der Waals surface area contributed by atoms with Gasteiger partial charge < -0.3 is 11.1 Å². The second-order valence-electron chi connectivity index (χ2n) is 3.78. The van der Waals surface area contributed by atoms with Crippen LogP contribution in [0.5, 0.6) is 0 Å². The summed E-state index contributed by atoms with van der Waals surface area (Å²) in [5.74, 6) is 0.263. The molecule has 0 fully saturated rings. The zero-order valence-electron chi connectivity index (χ0n) is 10.0. The van der Waals surface area contributed by atoms with Crippen molar-refractivity contribution in [3.8, 4) is 0 Å². The third-order valence-corrected chi connectivity index (χ3v) is 3.22. The molecular weight excluding hydrogens is 248 g/mol. The van der Waals surface area contributed by atoms with Gasteiger partial charge in [0.25, 0.3) is 5.91 Å². The van der Waals surface area contributed by atoms with Crippen molar-refractivity contribution in [3.63, 3.8) is 0 Å². The number of nitrogens with zero attached hydrogens (tertiary/aromatic N) is 2. The summed E-state index contributed by atoms with van der Waals surface area (Å²) in [6, 6.07) is 5.80. The topological polar surface area (TPSA) is 80.9 Å². The maximum absolute atomic E-state index is 11.0. The fraction of sp³-hybridized carbons (Fsp3) is 0.250. The number of hydrogen-bond donors (Lipinski definition) is 2. The van der Waals surface area contributed by atoms with Crippen LogP contribution < -0.4 is 11.1 Å². The molecule has 0 aromatic carbocycles. The maximum atomic E-state index is 11.0. The van der Waals surface area contributed by atoms with Gasteiger partial charge in [0.1, 0.15) is 10.7 Å². The van der Waals surface area contributed by atoms with E-state index in [0.717, 1.165) is 24.4 Å². The molecule has 6 heteroatoms. The highest BCUT2D eigenvalue weighted by Crippen LogP contribution is 2.21. The molecule has 0 aliphatic carbocycles. The largest absolute Gasteiger partial charge is 0.365 e. The third-order valence-electron chi connectivity index (χ3n) is 2.30.